The van der Waals surface area contributed by atoms with Gasteiger partial charge in [0.05, 0.1) is 5.56 Å². The minimum atomic E-state index is -5.72. The number of hydrogen-bond donors (Lipinski definition) is 0. The first-order chi connectivity index (χ1) is 10.5. The van der Waals surface area contributed by atoms with Gasteiger partial charge in [-0.2, -0.15) is 21.6 Å². The Bertz CT molecular complexity index is 884. The Morgan fingerprint density at radius 1 is 1.09 bits per heavy atom. The highest BCUT2D eigenvalue weighted by Gasteiger charge is 2.48. The molecular weight excluding hydrogens is 335 g/mol. The van der Waals surface area contributed by atoms with Gasteiger partial charge < -0.3 is 8.75 Å². The van der Waals surface area contributed by atoms with E-state index in [2.05, 4.69) is 4.18 Å². The fourth-order valence-corrected chi connectivity index (χ4v) is 2.38. The number of aryl methyl sites for hydroxylation is 2. The lowest BCUT2D eigenvalue weighted by Gasteiger charge is -2.11. The smallest absolute Gasteiger partial charge is 0.376 e. The minimum absolute atomic E-state index is 0.276. The Morgan fingerprint density at radius 3 is 2.17 bits per heavy atom. The topological polar surface area (TPSA) is 65.4 Å². The van der Waals surface area contributed by atoms with Gasteiger partial charge in [-0.25, -0.2) is 0 Å². The fourth-order valence-electron chi connectivity index (χ4n) is 1.92. The molecule has 0 amide bonds. The zero-order valence-corrected chi connectivity index (χ0v) is 12.9. The molecule has 0 bridgehead atoms. The SMILES string of the molecule is Cc1ccn(C)c(=O)c1-c1ccc(OS(=O)(=O)C(F)(F)F)cc1. The summed E-state index contributed by atoms with van der Waals surface area (Å²) in [5, 5.41) is 0. The minimum Gasteiger partial charge on any atom is -0.376 e. The van der Waals surface area contributed by atoms with Crippen molar-refractivity contribution >= 4 is 10.1 Å². The third kappa shape index (κ3) is 3.39. The molecule has 2 aromatic rings. The van der Waals surface area contributed by atoms with Gasteiger partial charge >= 0.3 is 15.6 Å². The Balaban J connectivity index is 2.39. The molecule has 0 unspecified atom stereocenters. The Hall–Kier alpha value is -2.29. The van der Waals surface area contributed by atoms with E-state index in [1.165, 1.54) is 16.7 Å². The molecule has 0 aliphatic rings. The van der Waals surface area contributed by atoms with Crippen LogP contribution in [-0.2, 0) is 17.2 Å². The number of hydrogen-bond acceptors (Lipinski definition) is 4. The van der Waals surface area contributed by atoms with Crippen LogP contribution >= 0.6 is 0 Å². The summed E-state index contributed by atoms with van der Waals surface area (Å²) in [5.41, 5.74) is -4.27. The fraction of sp³-hybridized carbons (Fsp3) is 0.214. The molecule has 1 aromatic heterocycles. The maximum Gasteiger partial charge on any atom is 0.534 e. The quantitative estimate of drug-likeness (QED) is 0.632. The first-order valence-electron chi connectivity index (χ1n) is 6.30. The molecule has 2 rings (SSSR count). The highest BCUT2D eigenvalue weighted by molar-refractivity contribution is 7.88. The third-order valence-corrected chi connectivity index (χ3v) is 4.09. The van der Waals surface area contributed by atoms with E-state index >= 15 is 0 Å². The lowest BCUT2D eigenvalue weighted by molar-refractivity contribution is -0.0500. The van der Waals surface area contributed by atoms with Gasteiger partial charge in [-0.3, -0.25) is 4.79 Å². The number of aromatic nitrogens is 1. The molecule has 0 atom stereocenters. The molecular formula is C14H12F3NO4S. The summed E-state index contributed by atoms with van der Waals surface area (Å²) in [4.78, 5) is 12.1. The summed E-state index contributed by atoms with van der Waals surface area (Å²) in [6.45, 7) is 1.72. The average molecular weight is 347 g/mol. The normalized spacial score (nSPS) is 12.2. The van der Waals surface area contributed by atoms with Crippen molar-refractivity contribution in [2.24, 2.45) is 7.05 Å². The molecule has 0 saturated heterocycles. The number of benzene rings is 1. The second-order valence-electron chi connectivity index (χ2n) is 4.80. The van der Waals surface area contributed by atoms with Crippen LogP contribution in [0.3, 0.4) is 0 Å². The molecule has 0 aliphatic heterocycles. The molecule has 0 spiro atoms. The molecule has 0 N–H and O–H groups in total. The van der Waals surface area contributed by atoms with Crippen LogP contribution in [0.15, 0.2) is 41.3 Å². The monoisotopic (exact) mass is 347 g/mol. The summed E-state index contributed by atoms with van der Waals surface area (Å²) < 4.78 is 64.0. The lowest BCUT2D eigenvalue weighted by Crippen LogP contribution is -2.28. The summed E-state index contributed by atoms with van der Waals surface area (Å²) in [6.07, 6.45) is 1.59. The highest BCUT2D eigenvalue weighted by Crippen LogP contribution is 2.28. The van der Waals surface area contributed by atoms with E-state index < -0.39 is 21.4 Å². The number of nitrogens with zero attached hydrogens (tertiary/aromatic N) is 1. The molecule has 124 valence electrons. The number of pyridine rings is 1. The predicted molar refractivity (Wildman–Crippen MR) is 77.5 cm³/mol. The van der Waals surface area contributed by atoms with Crippen molar-refractivity contribution in [1.29, 1.82) is 0 Å². The van der Waals surface area contributed by atoms with Gasteiger partial charge in [0, 0.05) is 13.2 Å². The van der Waals surface area contributed by atoms with Crippen molar-refractivity contribution in [3.63, 3.8) is 0 Å². The molecule has 1 heterocycles. The lowest BCUT2D eigenvalue weighted by atomic mass is 10.0. The molecule has 23 heavy (non-hydrogen) atoms. The number of rotatable bonds is 3. The number of alkyl halides is 3. The highest BCUT2D eigenvalue weighted by atomic mass is 32.2. The predicted octanol–water partition coefficient (Wildman–Crippen LogP) is 2.59. The van der Waals surface area contributed by atoms with Crippen molar-refractivity contribution in [3.05, 3.63) is 52.4 Å². The number of halogens is 3. The maximum absolute atomic E-state index is 12.3. The first-order valence-corrected chi connectivity index (χ1v) is 7.71. The van der Waals surface area contributed by atoms with Gasteiger partial charge in [-0.05, 0) is 36.2 Å². The first kappa shape index (κ1) is 17.1. The van der Waals surface area contributed by atoms with Crippen molar-refractivity contribution < 1.29 is 25.8 Å². The van der Waals surface area contributed by atoms with Gasteiger partial charge in [0.1, 0.15) is 5.75 Å². The van der Waals surface area contributed by atoms with Crippen LogP contribution in [0.5, 0.6) is 5.75 Å². The molecule has 0 fully saturated rings. The molecule has 5 nitrogen and oxygen atoms in total. The average Bonchev–Trinajstić information content (AvgIpc) is 2.44. The van der Waals surface area contributed by atoms with E-state index in [0.29, 0.717) is 16.7 Å². The van der Waals surface area contributed by atoms with E-state index in [-0.39, 0.29) is 5.56 Å². The second-order valence-corrected chi connectivity index (χ2v) is 6.34. The zero-order valence-electron chi connectivity index (χ0n) is 12.1. The van der Waals surface area contributed by atoms with Gasteiger partial charge in [0.2, 0.25) is 0 Å². The van der Waals surface area contributed by atoms with Crippen LogP contribution in [-0.4, -0.2) is 18.5 Å². The summed E-state index contributed by atoms with van der Waals surface area (Å²) >= 11 is 0. The molecule has 9 heteroatoms. The van der Waals surface area contributed by atoms with Crippen LogP contribution in [0.25, 0.3) is 11.1 Å². The van der Waals surface area contributed by atoms with E-state index in [0.717, 1.165) is 12.1 Å². The van der Waals surface area contributed by atoms with E-state index in [9.17, 15) is 26.4 Å². The van der Waals surface area contributed by atoms with Crippen molar-refractivity contribution in [2.45, 2.75) is 12.4 Å². The van der Waals surface area contributed by atoms with E-state index in [1.807, 2.05) is 0 Å². The second kappa shape index (κ2) is 5.73. The van der Waals surface area contributed by atoms with Crippen LogP contribution in [0.4, 0.5) is 13.2 Å². The van der Waals surface area contributed by atoms with Crippen LogP contribution < -0.4 is 9.74 Å². The van der Waals surface area contributed by atoms with Gasteiger partial charge in [0.25, 0.3) is 5.56 Å². The summed E-state index contributed by atoms with van der Waals surface area (Å²) in [5.74, 6) is -0.489. The van der Waals surface area contributed by atoms with Crippen LogP contribution in [0.1, 0.15) is 5.56 Å². The van der Waals surface area contributed by atoms with Gasteiger partial charge in [0.15, 0.2) is 0 Å². The Morgan fingerprint density at radius 2 is 1.65 bits per heavy atom. The molecule has 0 saturated carbocycles. The Kier molecular flexibility index (Phi) is 4.25. The van der Waals surface area contributed by atoms with Crippen LogP contribution in [0, 0.1) is 6.92 Å². The largest absolute Gasteiger partial charge is 0.534 e. The standard InChI is InChI=1S/C14H12F3NO4S/c1-9-7-8-18(2)13(19)12(9)10-3-5-11(6-4-10)22-23(20,21)14(15,16)17/h3-8H,1-2H3. The van der Waals surface area contributed by atoms with E-state index in [1.54, 1.807) is 26.2 Å². The van der Waals surface area contributed by atoms with Gasteiger partial charge in [-0.1, -0.05) is 12.1 Å². The van der Waals surface area contributed by atoms with Crippen molar-refractivity contribution in [1.82, 2.24) is 4.57 Å². The van der Waals surface area contributed by atoms with E-state index in [4.69, 9.17) is 0 Å². The van der Waals surface area contributed by atoms with Crippen LogP contribution in [0.2, 0.25) is 0 Å². The summed E-state index contributed by atoms with van der Waals surface area (Å²) in [7, 11) is -4.15. The Labute approximate surface area is 130 Å². The van der Waals surface area contributed by atoms with Crippen molar-refractivity contribution in [2.75, 3.05) is 0 Å². The van der Waals surface area contributed by atoms with Gasteiger partial charge in [-0.15, -0.1) is 0 Å². The molecule has 0 radical (unpaired) electrons. The van der Waals surface area contributed by atoms with Crippen molar-refractivity contribution in [3.8, 4) is 16.9 Å². The molecule has 0 aliphatic carbocycles. The maximum atomic E-state index is 12.3. The zero-order chi connectivity index (χ0) is 17.4. The summed E-state index contributed by atoms with van der Waals surface area (Å²) in [6, 6.07) is 6.49. The molecule has 1 aromatic carbocycles. The third-order valence-electron chi connectivity index (χ3n) is 3.11.